The molecule has 9 heteroatoms. The Bertz CT molecular complexity index is 1140. The number of aryl methyl sites for hydroxylation is 1. The van der Waals surface area contributed by atoms with Crippen LogP contribution in [0.5, 0.6) is 0 Å². The molecule has 0 unspecified atom stereocenters. The molecule has 0 saturated carbocycles. The predicted molar refractivity (Wildman–Crippen MR) is 112 cm³/mol. The number of nitrogens with zero attached hydrogens (tertiary/aromatic N) is 5. The van der Waals surface area contributed by atoms with Crippen molar-refractivity contribution in [3.63, 3.8) is 0 Å². The maximum absolute atomic E-state index is 12.8. The summed E-state index contributed by atoms with van der Waals surface area (Å²) in [5, 5.41) is 5.06. The normalized spacial score (nSPS) is 17.8. The SMILES string of the molecule is O=C(Cn1nc2n(c1=O)CCCCC2)N1CCC(c2nc3cc(Cl)ccc3o2)CC1. The minimum absolute atomic E-state index is 0.00485. The van der Waals surface area contributed by atoms with Gasteiger partial charge in [0.05, 0.1) is 0 Å². The van der Waals surface area contributed by atoms with E-state index in [1.165, 1.54) is 4.68 Å². The van der Waals surface area contributed by atoms with Crippen molar-refractivity contribution in [1.29, 1.82) is 0 Å². The summed E-state index contributed by atoms with van der Waals surface area (Å²) in [6, 6.07) is 5.42. The van der Waals surface area contributed by atoms with Crippen LogP contribution in [0.1, 0.15) is 49.7 Å². The molecule has 158 valence electrons. The lowest BCUT2D eigenvalue weighted by atomic mass is 9.97. The lowest BCUT2D eigenvalue weighted by Gasteiger charge is -2.30. The van der Waals surface area contributed by atoms with E-state index in [-0.39, 0.29) is 24.1 Å². The van der Waals surface area contributed by atoms with Gasteiger partial charge in [0, 0.05) is 37.0 Å². The Labute approximate surface area is 178 Å². The minimum atomic E-state index is -0.166. The van der Waals surface area contributed by atoms with E-state index in [2.05, 4.69) is 10.1 Å². The molecule has 1 fully saturated rings. The predicted octanol–water partition coefficient (Wildman–Crippen LogP) is 2.97. The summed E-state index contributed by atoms with van der Waals surface area (Å²) in [7, 11) is 0. The Balaban J connectivity index is 1.23. The number of rotatable bonds is 3. The van der Waals surface area contributed by atoms with Gasteiger partial charge < -0.3 is 9.32 Å². The maximum Gasteiger partial charge on any atom is 0.346 e. The van der Waals surface area contributed by atoms with Crippen LogP contribution >= 0.6 is 11.6 Å². The smallest absolute Gasteiger partial charge is 0.346 e. The van der Waals surface area contributed by atoms with E-state index in [1.54, 1.807) is 16.7 Å². The summed E-state index contributed by atoms with van der Waals surface area (Å²) in [5.41, 5.74) is 1.32. The van der Waals surface area contributed by atoms with Gasteiger partial charge in [-0.05, 0) is 43.9 Å². The fraction of sp³-hybridized carbons (Fsp3) is 0.524. The van der Waals surface area contributed by atoms with Crippen molar-refractivity contribution < 1.29 is 9.21 Å². The highest BCUT2D eigenvalue weighted by Gasteiger charge is 2.28. The van der Waals surface area contributed by atoms with Crippen LogP contribution in [0.3, 0.4) is 0 Å². The fourth-order valence-electron chi connectivity index (χ4n) is 4.43. The second-order valence-corrected chi connectivity index (χ2v) is 8.57. The lowest BCUT2D eigenvalue weighted by Crippen LogP contribution is -2.41. The van der Waals surface area contributed by atoms with E-state index >= 15 is 0 Å². The topological polar surface area (TPSA) is 86.2 Å². The number of hydrogen-bond acceptors (Lipinski definition) is 5. The molecule has 30 heavy (non-hydrogen) atoms. The molecule has 2 aliphatic heterocycles. The van der Waals surface area contributed by atoms with Crippen LogP contribution in [0.4, 0.5) is 0 Å². The van der Waals surface area contributed by atoms with Crippen molar-refractivity contribution in [3.05, 3.63) is 45.4 Å². The lowest BCUT2D eigenvalue weighted by molar-refractivity contribution is -0.133. The Hall–Kier alpha value is -2.61. The summed E-state index contributed by atoms with van der Waals surface area (Å²) in [6.45, 7) is 1.94. The van der Waals surface area contributed by atoms with Crippen LogP contribution < -0.4 is 5.69 Å². The molecule has 5 rings (SSSR count). The summed E-state index contributed by atoms with van der Waals surface area (Å²) in [6.07, 6.45) is 5.51. The number of fused-ring (bicyclic) bond motifs is 2. The highest BCUT2D eigenvalue weighted by atomic mass is 35.5. The van der Waals surface area contributed by atoms with E-state index < -0.39 is 0 Å². The van der Waals surface area contributed by atoms with Crippen LogP contribution in [0.2, 0.25) is 5.02 Å². The largest absolute Gasteiger partial charge is 0.440 e. The van der Waals surface area contributed by atoms with Gasteiger partial charge in [0.25, 0.3) is 0 Å². The number of likely N-dealkylation sites (tertiary alicyclic amines) is 1. The van der Waals surface area contributed by atoms with Gasteiger partial charge in [0.2, 0.25) is 5.91 Å². The second kappa shape index (κ2) is 7.91. The van der Waals surface area contributed by atoms with E-state index in [0.29, 0.717) is 30.5 Å². The minimum Gasteiger partial charge on any atom is -0.440 e. The van der Waals surface area contributed by atoms with Gasteiger partial charge in [0.1, 0.15) is 17.9 Å². The van der Waals surface area contributed by atoms with Crippen molar-refractivity contribution in [2.24, 2.45) is 0 Å². The van der Waals surface area contributed by atoms with E-state index in [1.807, 2.05) is 11.0 Å². The number of oxazole rings is 1. The zero-order chi connectivity index (χ0) is 20.7. The Morgan fingerprint density at radius 3 is 2.83 bits per heavy atom. The van der Waals surface area contributed by atoms with Crippen molar-refractivity contribution >= 4 is 28.6 Å². The molecule has 0 atom stereocenters. The van der Waals surface area contributed by atoms with Crippen LogP contribution in [-0.4, -0.2) is 43.2 Å². The molecule has 0 N–H and O–H groups in total. The van der Waals surface area contributed by atoms with Crippen LogP contribution in [-0.2, 0) is 24.3 Å². The molecule has 1 amide bonds. The molecule has 0 radical (unpaired) electrons. The zero-order valence-corrected chi connectivity index (χ0v) is 17.5. The van der Waals surface area contributed by atoms with Crippen molar-refractivity contribution in [1.82, 2.24) is 24.2 Å². The highest BCUT2D eigenvalue weighted by Crippen LogP contribution is 2.30. The number of aromatic nitrogens is 4. The molecule has 2 aliphatic rings. The first kappa shape index (κ1) is 19.4. The first-order valence-corrected chi connectivity index (χ1v) is 11.0. The third-order valence-corrected chi connectivity index (χ3v) is 6.36. The fourth-order valence-corrected chi connectivity index (χ4v) is 4.59. The van der Waals surface area contributed by atoms with Crippen molar-refractivity contribution in [2.45, 2.75) is 57.5 Å². The summed E-state index contributed by atoms with van der Waals surface area (Å²) in [4.78, 5) is 31.8. The average Bonchev–Trinajstić information content (AvgIpc) is 3.19. The number of piperidine rings is 1. The molecule has 0 spiro atoms. The second-order valence-electron chi connectivity index (χ2n) is 8.14. The zero-order valence-electron chi connectivity index (χ0n) is 16.7. The number of amides is 1. The highest BCUT2D eigenvalue weighted by molar-refractivity contribution is 6.31. The van der Waals surface area contributed by atoms with E-state index in [4.69, 9.17) is 16.0 Å². The summed E-state index contributed by atoms with van der Waals surface area (Å²) < 4.78 is 8.96. The molecule has 1 aromatic carbocycles. The van der Waals surface area contributed by atoms with Crippen LogP contribution in [0.25, 0.3) is 11.1 Å². The Morgan fingerprint density at radius 1 is 1.17 bits per heavy atom. The molecule has 3 aromatic rings. The third-order valence-electron chi connectivity index (χ3n) is 6.13. The molecule has 4 heterocycles. The standard InChI is InChI=1S/C21H24ClN5O3/c22-15-5-6-17-16(12-15)23-20(30-17)14-7-10-25(11-8-14)19(28)13-27-21(29)26-9-3-1-2-4-18(26)24-27/h5-6,12,14H,1-4,7-11,13H2. The number of halogens is 1. The quantitative estimate of drug-likeness (QED) is 0.638. The summed E-state index contributed by atoms with van der Waals surface area (Å²) >= 11 is 6.03. The van der Waals surface area contributed by atoms with Crippen LogP contribution in [0, 0.1) is 0 Å². The van der Waals surface area contributed by atoms with E-state index in [0.717, 1.165) is 55.4 Å². The molecule has 0 bridgehead atoms. The number of benzene rings is 1. The van der Waals surface area contributed by atoms with Gasteiger partial charge in [-0.1, -0.05) is 18.0 Å². The molecule has 2 aromatic heterocycles. The molecule has 8 nitrogen and oxygen atoms in total. The first-order valence-electron chi connectivity index (χ1n) is 10.6. The van der Waals surface area contributed by atoms with Crippen molar-refractivity contribution in [3.8, 4) is 0 Å². The van der Waals surface area contributed by atoms with Crippen LogP contribution in [0.15, 0.2) is 27.4 Å². The van der Waals surface area contributed by atoms with Gasteiger partial charge in [-0.25, -0.2) is 14.5 Å². The monoisotopic (exact) mass is 429 g/mol. The number of carbonyl (C=O) groups excluding carboxylic acids is 1. The van der Waals surface area contributed by atoms with Gasteiger partial charge >= 0.3 is 5.69 Å². The Morgan fingerprint density at radius 2 is 2.00 bits per heavy atom. The van der Waals surface area contributed by atoms with E-state index in [9.17, 15) is 9.59 Å². The first-order chi connectivity index (χ1) is 14.6. The van der Waals surface area contributed by atoms with Gasteiger partial charge in [-0.2, -0.15) is 5.10 Å². The average molecular weight is 430 g/mol. The van der Waals surface area contributed by atoms with Gasteiger partial charge in [-0.15, -0.1) is 0 Å². The third kappa shape index (κ3) is 3.64. The maximum atomic E-state index is 12.8. The number of carbonyl (C=O) groups is 1. The molecular formula is C21H24ClN5O3. The Kier molecular flexibility index (Phi) is 5.10. The van der Waals surface area contributed by atoms with Gasteiger partial charge in [0.15, 0.2) is 11.5 Å². The molecular weight excluding hydrogens is 406 g/mol. The van der Waals surface area contributed by atoms with Gasteiger partial charge in [-0.3, -0.25) is 9.36 Å². The molecule has 1 saturated heterocycles. The van der Waals surface area contributed by atoms with Crippen molar-refractivity contribution in [2.75, 3.05) is 13.1 Å². The number of hydrogen-bond donors (Lipinski definition) is 0. The summed E-state index contributed by atoms with van der Waals surface area (Å²) in [5.74, 6) is 1.62. The molecule has 0 aliphatic carbocycles.